The lowest BCUT2D eigenvalue weighted by atomic mass is 10.1. The number of para-hydroxylation sites is 1. The van der Waals surface area contributed by atoms with E-state index in [-0.39, 0.29) is 12.3 Å². The highest BCUT2D eigenvalue weighted by Crippen LogP contribution is 2.38. The molecule has 1 N–H and O–H groups in total. The van der Waals surface area contributed by atoms with Gasteiger partial charge in [0.15, 0.2) is 11.5 Å². The van der Waals surface area contributed by atoms with Gasteiger partial charge >= 0.3 is 0 Å². The van der Waals surface area contributed by atoms with Crippen molar-refractivity contribution < 1.29 is 19.0 Å². The van der Waals surface area contributed by atoms with Crippen molar-refractivity contribution in [3.05, 3.63) is 41.5 Å². The van der Waals surface area contributed by atoms with Crippen molar-refractivity contribution in [1.82, 2.24) is 0 Å². The molecular weight excluding hydrogens is 338 g/mol. The third-order valence-corrected chi connectivity index (χ3v) is 4.59. The molecule has 0 atom stereocenters. The van der Waals surface area contributed by atoms with E-state index in [2.05, 4.69) is 5.32 Å². The van der Waals surface area contributed by atoms with Crippen LogP contribution in [-0.2, 0) is 11.2 Å². The Labute approximate surface area is 152 Å². The fourth-order valence-corrected chi connectivity index (χ4v) is 3.21. The van der Waals surface area contributed by atoms with E-state index in [1.165, 1.54) is 0 Å². The van der Waals surface area contributed by atoms with Gasteiger partial charge in [-0.3, -0.25) is 4.79 Å². The molecule has 0 saturated heterocycles. The van der Waals surface area contributed by atoms with Crippen LogP contribution in [0.2, 0.25) is 0 Å². The minimum absolute atomic E-state index is 0.0983. The summed E-state index contributed by atoms with van der Waals surface area (Å²) in [6, 6.07) is 9.53. The van der Waals surface area contributed by atoms with Gasteiger partial charge in [-0.05, 0) is 42.5 Å². The van der Waals surface area contributed by atoms with Crippen LogP contribution in [0.4, 0.5) is 5.69 Å². The maximum Gasteiger partial charge on any atom is 0.228 e. The van der Waals surface area contributed by atoms with Crippen molar-refractivity contribution in [3.63, 3.8) is 0 Å². The predicted octanol–water partition coefficient (Wildman–Crippen LogP) is 3.92. The second kappa shape index (κ2) is 8.67. The number of nitrogens with one attached hydrogen (secondary N) is 1. The summed E-state index contributed by atoms with van der Waals surface area (Å²) in [6.45, 7) is 1.98. The van der Waals surface area contributed by atoms with Gasteiger partial charge in [-0.25, -0.2) is 0 Å². The number of methoxy groups -OCH3 is 3. The van der Waals surface area contributed by atoms with Crippen molar-refractivity contribution in [3.8, 4) is 17.2 Å². The molecule has 0 fully saturated rings. The van der Waals surface area contributed by atoms with Gasteiger partial charge in [0, 0.05) is 4.90 Å². The first-order valence-corrected chi connectivity index (χ1v) is 8.98. The molecule has 1 amide bonds. The molecule has 2 rings (SSSR count). The van der Waals surface area contributed by atoms with Crippen molar-refractivity contribution in [2.24, 2.45) is 0 Å². The van der Waals surface area contributed by atoms with E-state index >= 15 is 0 Å². The first kappa shape index (κ1) is 19.0. The van der Waals surface area contributed by atoms with Crippen molar-refractivity contribution in [2.75, 3.05) is 32.9 Å². The Balaban J connectivity index is 2.24. The molecule has 6 heteroatoms. The summed E-state index contributed by atoms with van der Waals surface area (Å²) < 4.78 is 16.0. The molecule has 2 aromatic carbocycles. The molecule has 0 spiro atoms. The van der Waals surface area contributed by atoms with E-state index in [4.69, 9.17) is 14.2 Å². The zero-order chi connectivity index (χ0) is 18.4. The van der Waals surface area contributed by atoms with Crippen molar-refractivity contribution in [2.45, 2.75) is 18.2 Å². The normalized spacial score (nSPS) is 10.3. The number of aryl methyl sites for hydroxylation is 1. The maximum absolute atomic E-state index is 12.5. The second-order valence-electron chi connectivity index (χ2n) is 5.41. The summed E-state index contributed by atoms with van der Waals surface area (Å²) in [5, 5.41) is 3.01. The van der Waals surface area contributed by atoms with E-state index < -0.39 is 0 Å². The number of ether oxygens (including phenoxy) is 3. The van der Waals surface area contributed by atoms with E-state index in [1.807, 2.05) is 31.4 Å². The fourth-order valence-electron chi connectivity index (χ4n) is 2.58. The fraction of sp³-hybridized carbons (Fsp3) is 0.316. The Morgan fingerprint density at radius 2 is 1.72 bits per heavy atom. The first-order chi connectivity index (χ1) is 12.0. The molecule has 0 bridgehead atoms. The predicted molar refractivity (Wildman–Crippen MR) is 101 cm³/mol. The van der Waals surface area contributed by atoms with Crippen LogP contribution in [0.5, 0.6) is 17.2 Å². The van der Waals surface area contributed by atoms with Crippen LogP contribution in [-0.4, -0.2) is 33.5 Å². The Hall–Kier alpha value is -2.34. The van der Waals surface area contributed by atoms with Gasteiger partial charge in [0.05, 0.1) is 33.4 Å². The number of anilines is 1. The van der Waals surface area contributed by atoms with Crippen LogP contribution < -0.4 is 19.5 Å². The lowest BCUT2D eigenvalue weighted by molar-refractivity contribution is -0.115. The minimum atomic E-state index is -0.0983. The highest BCUT2D eigenvalue weighted by atomic mass is 32.2. The van der Waals surface area contributed by atoms with Crippen molar-refractivity contribution >= 4 is 23.4 Å². The van der Waals surface area contributed by atoms with Gasteiger partial charge in [0.25, 0.3) is 0 Å². The molecule has 2 aromatic rings. The van der Waals surface area contributed by atoms with Gasteiger partial charge in [0.1, 0.15) is 0 Å². The molecule has 0 saturated carbocycles. The molecule has 0 heterocycles. The van der Waals surface area contributed by atoms with Crippen LogP contribution in [0, 0.1) is 6.92 Å². The van der Waals surface area contributed by atoms with Crippen LogP contribution in [0.1, 0.15) is 11.1 Å². The van der Waals surface area contributed by atoms with E-state index in [0.29, 0.717) is 17.2 Å². The number of hydrogen-bond acceptors (Lipinski definition) is 5. The van der Waals surface area contributed by atoms with Gasteiger partial charge in [0.2, 0.25) is 11.7 Å². The number of hydrogen-bond donors (Lipinski definition) is 1. The first-order valence-electron chi connectivity index (χ1n) is 7.76. The molecule has 5 nitrogen and oxygen atoms in total. The molecule has 0 aromatic heterocycles. The average molecular weight is 361 g/mol. The quantitative estimate of drug-likeness (QED) is 0.758. The number of carbonyl (C=O) groups excluding carboxylic acids is 1. The van der Waals surface area contributed by atoms with Gasteiger partial charge in [-0.1, -0.05) is 12.1 Å². The summed E-state index contributed by atoms with van der Waals surface area (Å²) in [4.78, 5) is 13.6. The largest absolute Gasteiger partial charge is 0.493 e. The highest BCUT2D eigenvalue weighted by molar-refractivity contribution is 7.98. The molecule has 0 radical (unpaired) electrons. The molecule has 0 aliphatic carbocycles. The number of rotatable bonds is 7. The highest BCUT2D eigenvalue weighted by Gasteiger charge is 2.16. The SMILES string of the molecule is COc1cc(CC(=O)Nc2c(C)cccc2SC)cc(OC)c1OC. The molecule has 0 unspecified atom stereocenters. The number of benzene rings is 2. The summed E-state index contributed by atoms with van der Waals surface area (Å²) in [5.74, 6) is 1.48. The summed E-state index contributed by atoms with van der Waals surface area (Å²) in [5.41, 5.74) is 2.67. The lowest BCUT2D eigenvalue weighted by Gasteiger charge is -2.15. The Bertz CT molecular complexity index is 736. The Kier molecular flexibility index (Phi) is 6.58. The summed E-state index contributed by atoms with van der Waals surface area (Å²) in [6.07, 6.45) is 2.20. The van der Waals surface area contributed by atoms with Crippen LogP contribution in [0.3, 0.4) is 0 Å². The van der Waals surface area contributed by atoms with Gasteiger partial charge in [-0.2, -0.15) is 0 Å². The Morgan fingerprint density at radius 1 is 1.08 bits per heavy atom. The van der Waals surface area contributed by atoms with E-state index in [1.54, 1.807) is 45.2 Å². The number of thioether (sulfide) groups is 1. The standard InChI is InChI=1S/C19H23NO4S/c1-12-7-6-8-16(25-5)18(12)20-17(21)11-13-9-14(22-2)19(24-4)15(10-13)23-3/h6-10H,11H2,1-5H3,(H,20,21). The van der Waals surface area contributed by atoms with E-state index in [9.17, 15) is 4.79 Å². The van der Waals surface area contributed by atoms with Crippen LogP contribution in [0.25, 0.3) is 0 Å². The van der Waals surface area contributed by atoms with Crippen LogP contribution >= 0.6 is 11.8 Å². The zero-order valence-corrected chi connectivity index (χ0v) is 16.0. The van der Waals surface area contributed by atoms with Crippen LogP contribution in [0.15, 0.2) is 35.2 Å². The average Bonchev–Trinajstić information content (AvgIpc) is 2.62. The second-order valence-corrected chi connectivity index (χ2v) is 6.26. The molecule has 25 heavy (non-hydrogen) atoms. The smallest absolute Gasteiger partial charge is 0.228 e. The maximum atomic E-state index is 12.5. The molecule has 0 aliphatic rings. The third-order valence-electron chi connectivity index (χ3n) is 3.81. The topological polar surface area (TPSA) is 56.8 Å². The summed E-state index contributed by atoms with van der Waals surface area (Å²) in [7, 11) is 4.66. The van der Waals surface area contributed by atoms with Crippen molar-refractivity contribution in [1.29, 1.82) is 0 Å². The third kappa shape index (κ3) is 4.39. The van der Waals surface area contributed by atoms with Gasteiger partial charge in [-0.15, -0.1) is 11.8 Å². The molecular formula is C19H23NO4S. The summed E-state index contributed by atoms with van der Waals surface area (Å²) >= 11 is 1.60. The van der Waals surface area contributed by atoms with Gasteiger partial charge < -0.3 is 19.5 Å². The number of carbonyl (C=O) groups is 1. The number of amides is 1. The molecule has 134 valence electrons. The Morgan fingerprint density at radius 3 is 2.24 bits per heavy atom. The lowest BCUT2D eigenvalue weighted by Crippen LogP contribution is -2.16. The minimum Gasteiger partial charge on any atom is -0.493 e. The monoisotopic (exact) mass is 361 g/mol. The van der Waals surface area contributed by atoms with E-state index in [0.717, 1.165) is 21.7 Å². The zero-order valence-electron chi connectivity index (χ0n) is 15.1. The molecule has 0 aliphatic heterocycles.